The maximum absolute atomic E-state index is 13.0. The Hall–Kier alpha value is -1.25. The van der Waals surface area contributed by atoms with Crippen molar-refractivity contribution < 1.29 is 24.3 Å². The standard InChI is InChI=1S/C9H9BrFNO5/c10-7-1-5(11)2-8(12(15)16)9(7)17-4-6(14)3-13/h1-2,6,13-14H,3-4H2. The lowest BCUT2D eigenvalue weighted by Crippen LogP contribution is -2.21. The van der Waals surface area contributed by atoms with Crippen LogP contribution in [0.2, 0.25) is 0 Å². The second-order valence-electron chi connectivity index (χ2n) is 3.14. The number of hydrogen-bond acceptors (Lipinski definition) is 5. The maximum Gasteiger partial charge on any atom is 0.315 e. The molecule has 8 heteroatoms. The number of nitrogens with zero attached hydrogens (tertiary/aromatic N) is 1. The molecular weight excluding hydrogens is 301 g/mol. The molecule has 1 aromatic rings. The van der Waals surface area contributed by atoms with Gasteiger partial charge in [-0.3, -0.25) is 10.1 Å². The van der Waals surface area contributed by atoms with Crippen LogP contribution in [0.1, 0.15) is 0 Å². The first kappa shape index (κ1) is 13.8. The molecule has 0 aliphatic heterocycles. The average molecular weight is 310 g/mol. The van der Waals surface area contributed by atoms with E-state index in [1.807, 2.05) is 0 Å². The van der Waals surface area contributed by atoms with Crippen molar-refractivity contribution >= 4 is 21.6 Å². The van der Waals surface area contributed by atoms with Gasteiger partial charge in [-0.05, 0) is 22.0 Å². The number of rotatable bonds is 5. The molecule has 17 heavy (non-hydrogen) atoms. The van der Waals surface area contributed by atoms with Gasteiger partial charge in [-0.1, -0.05) is 0 Å². The summed E-state index contributed by atoms with van der Waals surface area (Å²) in [5.41, 5.74) is -0.554. The third kappa shape index (κ3) is 3.62. The highest BCUT2D eigenvalue weighted by atomic mass is 79.9. The Morgan fingerprint density at radius 2 is 2.24 bits per heavy atom. The predicted octanol–water partition coefficient (Wildman–Crippen LogP) is 1.23. The molecule has 0 amide bonds. The summed E-state index contributed by atoms with van der Waals surface area (Å²) in [4.78, 5) is 9.87. The summed E-state index contributed by atoms with van der Waals surface area (Å²) in [6, 6.07) is 1.72. The first-order valence-electron chi connectivity index (χ1n) is 4.51. The Bertz CT molecular complexity index is 428. The smallest absolute Gasteiger partial charge is 0.315 e. The van der Waals surface area contributed by atoms with Gasteiger partial charge in [0, 0.05) is 0 Å². The number of nitro benzene ring substituents is 1. The summed E-state index contributed by atoms with van der Waals surface area (Å²) >= 11 is 2.92. The lowest BCUT2D eigenvalue weighted by Gasteiger charge is -2.11. The van der Waals surface area contributed by atoms with Crippen molar-refractivity contribution in [1.82, 2.24) is 0 Å². The minimum Gasteiger partial charge on any atom is -0.483 e. The second kappa shape index (κ2) is 5.89. The van der Waals surface area contributed by atoms with Gasteiger partial charge >= 0.3 is 5.69 Å². The molecule has 0 saturated carbocycles. The van der Waals surface area contributed by atoms with Gasteiger partial charge in [0.2, 0.25) is 5.75 Å². The van der Waals surface area contributed by atoms with Crippen molar-refractivity contribution in [3.05, 3.63) is 32.5 Å². The topological polar surface area (TPSA) is 92.8 Å². The first-order chi connectivity index (χ1) is 7.95. The molecule has 1 atom stereocenters. The fourth-order valence-corrected chi connectivity index (χ4v) is 1.59. The van der Waals surface area contributed by atoms with Crippen molar-refractivity contribution in [2.45, 2.75) is 6.10 Å². The number of ether oxygens (including phenoxy) is 1. The van der Waals surface area contributed by atoms with Crippen LogP contribution in [-0.2, 0) is 0 Å². The molecule has 0 radical (unpaired) electrons. The molecule has 0 spiro atoms. The third-order valence-corrected chi connectivity index (χ3v) is 2.41. The van der Waals surface area contributed by atoms with E-state index in [9.17, 15) is 14.5 Å². The number of halogens is 2. The van der Waals surface area contributed by atoms with E-state index in [2.05, 4.69) is 15.9 Å². The van der Waals surface area contributed by atoms with Crippen LogP contribution in [0.5, 0.6) is 5.75 Å². The van der Waals surface area contributed by atoms with E-state index in [-0.39, 0.29) is 16.8 Å². The van der Waals surface area contributed by atoms with Crippen LogP contribution in [0.3, 0.4) is 0 Å². The van der Waals surface area contributed by atoms with Crippen LogP contribution in [0.4, 0.5) is 10.1 Å². The van der Waals surface area contributed by atoms with E-state index in [1.54, 1.807) is 0 Å². The zero-order chi connectivity index (χ0) is 13.0. The first-order valence-corrected chi connectivity index (χ1v) is 5.30. The summed E-state index contributed by atoms with van der Waals surface area (Å²) in [7, 11) is 0. The molecule has 0 aliphatic carbocycles. The van der Waals surface area contributed by atoms with E-state index >= 15 is 0 Å². The number of aliphatic hydroxyl groups is 2. The molecule has 1 rings (SSSR count). The molecule has 1 unspecified atom stereocenters. The minimum atomic E-state index is -1.16. The van der Waals surface area contributed by atoms with Gasteiger partial charge in [-0.15, -0.1) is 0 Å². The normalized spacial score (nSPS) is 12.2. The van der Waals surface area contributed by atoms with Gasteiger partial charge in [-0.2, -0.15) is 0 Å². The minimum absolute atomic E-state index is 0.0642. The monoisotopic (exact) mass is 309 g/mol. The third-order valence-electron chi connectivity index (χ3n) is 1.82. The quantitative estimate of drug-likeness (QED) is 0.630. The molecule has 0 fully saturated rings. The lowest BCUT2D eigenvalue weighted by atomic mass is 10.3. The number of benzene rings is 1. The lowest BCUT2D eigenvalue weighted by molar-refractivity contribution is -0.386. The molecule has 94 valence electrons. The fourth-order valence-electron chi connectivity index (χ4n) is 1.06. The van der Waals surface area contributed by atoms with E-state index in [1.165, 1.54) is 0 Å². The molecule has 0 heterocycles. The zero-order valence-corrected chi connectivity index (χ0v) is 10.1. The van der Waals surface area contributed by atoms with Crippen molar-refractivity contribution in [2.75, 3.05) is 13.2 Å². The molecular formula is C9H9BrFNO5. The zero-order valence-electron chi connectivity index (χ0n) is 8.47. The fraction of sp³-hybridized carbons (Fsp3) is 0.333. The summed E-state index contributed by atoms with van der Waals surface area (Å²) in [5.74, 6) is -0.970. The van der Waals surface area contributed by atoms with Crippen LogP contribution in [0.25, 0.3) is 0 Å². The molecule has 6 nitrogen and oxygen atoms in total. The SMILES string of the molecule is O=[N+]([O-])c1cc(F)cc(Br)c1OCC(O)CO. The number of nitro groups is 1. The Labute approximate surface area is 104 Å². The summed E-state index contributed by atoms with van der Waals surface area (Å²) in [5, 5.41) is 28.3. The van der Waals surface area contributed by atoms with Gasteiger partial charge in [0.1, 0.15) is 18.5 Å². The molecule has 0 aromatic heterocycles. The molecule has 0 saturated heterocycles. The Kier molecular flexibility index (Phi) is 4.79. The summed E-state index contributed by atoms with van der Waals surface area (Å²) in [6.45, 7) is -0.867. The van der Waals surface area contributed by atoms with Gasteiger partial charge in [0.15, 0.2) is 0 Å². The molecule has 2 N–H and O–H groups in total. The van der Waals surface area contributed by atoms with Crippen LogP contribution in [0.15, 0.2) is 16.6 Å². The van der Waals surface area contributed by atoms with Crippen molar-refractivity contribution in [2.24, 2.45) is 0 Å². The van der Waals surface area contributed by atoms with Crippen LogP contribution >= 0.6 is 15.9 Å². The van der Waals surface area contributed by atoms with E-state index in [4.69, 9.17) is 14.9 Å². The van der Waals surface area contributed by atoms with Gasteiger partial charge < -0.3 is 14.9 Å². The van der Waals surface area contributed by atoms with E-state index < -0.39 is 29.1 Å². The number of hydrogen-bond donors (Lipinski definition) is 2. The molecule has 0 bridgehead atoms. The molecule has 0 aliphatic rings. The summed E-state index contributed by atoms with van der Waals surface area (Å²) < 4.78 is 18.0. The molecule has 1 aromatic carbocycles. The largest absolute Gasteiger partial charge is 0.483 e. The van der Waals surface area contributed by atoms with E-state index in [0.29, 0.717) is 6.07 Å². The highest BCUT2D eigenvalue weighted by Gasteiger charge is 2.21. The van der Waals surface area contributed by atoms with Gasteiger partial charge in [0.05, 0.1) is 22.1 Å². The van der Waals surface area contributed by atoms with Crippen LogP contribution in [-0.4, -0.2) is 34.5 Å². The highest BCUT2D eigenvalue weighted by molar-refractivity contribution is 9.10. The Balaban J connectivity index is 3.00. The van der Waals surface area contributed by atoms with Gasteiger partial charge in [0.25, 0.3) is 0 Å². The highest BCUT2D eigenvalue weighted by Crippen LogP contribution is 2.35. The maximum atomic E-state index is 13.0. The van der Waals surface area contributed by atoms with E-state index in [0.717, 1.165) is 6.07 Å². The predicted molar refractivity (Wildman–Crippen MR) is 59.3 cm³/mol. The Morgan fingerprint density at radius 3 is 2.76 bits per heavy atom. The second-order valence-corrected chi connectivity index (χ2v) is 3.99. The van der Waals surface area contributed by atoms with Crippen LogP contribution in [0, 0.1) is 15.9 Å². The van der Waals surface area contributed by atoms with Crippen molar-refractivity contribution in [3.63, 3.8) is 0 Å². The van der Waals surface area contributed by atoms with Crippen molar-refractivity contribution in [3.8, 4) is 5.75 Å². The van der Waals surface area contributed by atoms with Crippen molar-refractivity contribution in [1.29, 1.82) is 0 Å². The Morgan fingerprint density at radius 1 is 1.59 bits per heavy atom. The summed E-state index contributed by atoms with van der Waals surface area (Å²) in [6.07, 6.45) is -1.16. The van der Waals surface area contributed by atoms with Crippen LogP contribution < -0.4 is 4.74 Å². The van der Waals surface area contributed by atoms with Gasteiger partial charge in [-0.25, -0.2) is 4.39 Å². The average Bonchev–Trinajstić information content (AvgIpc) is 2.26. The number of aliphatic hydroxyl groups excluding tert-OH is 2.